The minimum atomic E-state index is 0.0780. The van der Waals surface area contributed by atoms with Crippen molar-refractivity contribution in [2.75, 3.05) is 6.61 Å². The standard InChI is InChI=1S/C17H31N3O/c1-7-17(8-2)11-15(9-10-21-17)18-12(3)16-13(4)19-20(6)14(16)5/h12,15,18H,7-11H2,1-6H3. The van der Waals surface area contributed by atoms with Gasteiger partial charge in [0.05, 0.1) is 11.3 Å². The van der Waals surface area contributed by atoms with Gasteiger partial charge < -0.3 is 10.1 Å². The molecule has 4 nitrogen and oxygen atoms in total. The summed E-state index contributed by atoms with van der Waals surface area (Å²) in [4.78, 5) is 0. The van der Waals surface area contributed by atoms with Gasteiger partial charge >= 0.3 is 0 Å². The van der Waals surface area contributed by atoms with Gasteiger partial charge in [-0.05, 0) is 46.5 Å². The van der Waals surface area contributed by atoms with Crippen molar-refractivity contribution in [2.24, 2.45) is 7.05 Å². The van der Waals surface area contributed by atoms with Crippen molar-refractivity contribution >= 4 is 0 Å². The van der Waals surface area contributed by atoms with Gasteiger partial charge in [0.25, 0.3) is 0 Å². The third-order valence-electron chi connectivity index (χ3n) is 5.27. The van der Waals surface area contributed by atoms with Crippen LogP contribution in [-0.2, 0) is 11.8 Å². The van der Waals surface area contributed by atoms with E-state index in [0.29, 0.717) is 12.1 Å². The molecular weight excluding hydrogens is 262 g/mol. The van der Waals surface area contributed by atoms with Crippen molar-refractivity contribution in [1.29, 1.82) is 0 Å². The van der Waals surface area contributed by atoms with Crippen LogP contribution in [0.4, 0.5) is 0 Å². The zero-order valence-corrected chi connectivity index (χ0v) is 14.5. The summed E-state index contributed by atoms with van der Waals surface area (Å²) in [6.45, 7) is 11.9. The molecule has 1 saturated heterocycles. The predicted molar refractivity (Wildman–Crippen MR) is 86.5 cm³/mol. The molecule has 0 aliphatic carbocycles. The topological polar surface area (TPSA) is 39.1 Å². The summed E-state index contributed by atoms with van der Waals surface area (Å²) in [7, 11) is 2.02. The second-order valence-electron chi connectivity index (χ2n) is 6.52. The number of aromatic nitrogens is 2. The molecule has 2 rings (SSSR count). The number of nitrogens with one attached hydrogen (secondary N) is 1. The molecule has 1 aromatic rings. The maximum atomic E-state index is 6.08. The molecule has 120 valence electrons. The van der Waals surface area contributed by atoms with Gasteiger partial charge in [-0.25, -0.2) is 0 Å². The molecule has 0 aromatic carbocycles. The molecule has 1 aromatic heterocycles. The number of hydrogen-bond donors (Lipinski definition) is 1. The highest BCUT2D eigenvalue weighted by atomic mass is 16.5. The maximum Gasteiger partial charge on any atom is 0.0692 e. The largest absolute Gasteiger partial charge is 0.375 e. The smallest absolute Gasteiger partial charge is 0.0692 e. The van der Waals surface area contributed by atoms with Crippen LogP contribution in [0, 0.1) is 13.8 Å². The fourth-order valence-corrected chi connectivity index (χ4v) is 3.77. The van der Waals surface area contributed by atoms with Gasteiger partial charge in [0.1, 0.15) is 0 Å². The van der Waals surface area contributed by atoms with Crippen LogP contribution in [0.25, 0.3) is 0 Å². The Hall–Kier alpha value is -0.870. The summed E-state index contributed by atoms with van der Waals surface area (Å²) in [5.41, 5.74) is 3.83. The average molecular weight is 293 g/mol. The molecule has 1 aliphatic rings. The van der Waals surface area contributed by atoms with Gasteiger partial charge in [-0.3, -0.25) is 4.68 Å². The molecule has 1 aliphatic heterocycles. The van der Waals surface area contributed by atoms with Crippen LogP contribution in [0.1, 0.15) is 69.4 Å². The summed E-state index contributed by atoms with van der Waals surface area (Å²) >= 11 is 0. The number of aryl methyl sites for hydroxylation is 2. The van der Waals surface area contributed by atoms with Crippen molar-refractivity contribution < 1.29 is 4.74 Å². The predicted octanol–water partition coefficient (Wildman–Crippen LogP) is 3.43. The monoisotopic (exact) mass is 293 g/mol. The first kappa shape index (κ1) is 16.5. The van der Waals surface area contributed by atoms with E-state index in [2.05, 4.69) is 45.0 Å². The Morgan fingerprint density at radius 3 is 2.57 bits per heavy atom. The van der Waals surface area contributed by atoms with Crippen LogP contribution in [-0.4, -0.2) is 28.0 Å². The molecule has 0 bridgehead atoms. The van der Waals surface area contributed by atoms with E-state index in [1.165, 1.54) is 11.3 Å². The normalized spacial score (nSPS) is 23.2. The average Bonchev–Trinajstić information content (AvgIpc) is 2.72. The maximum absolute atomic E-state index is 6.08. The van der Waals surface area contributed by atoms with E-state index in [4.69, 9.17) is 4.74 Å². The lowest BCUT2D eigenvalue weighted by Crippen LogP contribution is -2.47. The van der Waals surface area contributed by atoms with Crippen LogP contribution >= 0.6 is 0 Å². The van der Waals surface area contributed by atoms with Gasteiger partial charge in [0.15, 0.2) is 0 Å². The Kier molecular flexibility index (Phi) is 5.10. The Labute approximate surface area is 129 Å². The summed E-state index contributed by atoms with van der Waals surface area (Å²) in [5, 5.41) is 8.36. The van der Waals surface area contributed by atoms with E-state index < -0.39 is 0 Å². The summed E-state index contributed by atoms with van der Waals surface area (Å²) in [5.74, 6) is 0. The van der Waals surface area contributed by atoms with Gasteiger partial charge in [-0.1, -0.05) is 13.8 Å². The molecule has 2 atom stereocenters. The SMILES string of the molecule is CCC1(CC)CC(NC(C)c2c(C)nn(C)c2C)CCO1. The molecule has 0 radical (unpaired) electrons. The van der Waals surface area contributed by atoms with E-state index in [0.717, 1.165) is 38.0 Å². The fourth-order valence-electron chi connectivity index (χ4n) is 3.77. The molecule has 2 unspecified atom stereocenters. The van der Waals surface area contributed by atoms with Crippen LogP contribution in [0.5, 0.6) is 0 Å². The lowest BCUT2D eigenvalue weighted by molar-refractivity contribution is -0.0939. The summed E-state index contributed by atoms with van der Waals surface area (Å²) < 4.78 is 8.06. The van der Waals surface area contributed by atoms with Crippen molar-refractivity contribution in [2.45, 2.75) is 78.0 Å². The quantitative estimate of drug-likeness (QED) is 0.904. The van der Waals surface area contributed by atoms with Crippen molar-refractivity contribution in [1.82, 2.24) is 15.1 Å². The van der Waals surface area contributed by atoms with Crippen LogP contribution in [0.2, 0.25) is 0 Å². The first-order chi connectivity index (χ1) is 9.92. The highest BCUT2D eigenvalue weighted by Crippen LogP contribution is 2.32. The lowest BCUT2D eigenvalue weighted by atomic mass is 9.85. The molecule has 1 fully saturated rings. The first-order valence-corrected chi connectivity index (χ1v) is 8.32. The zero-order chi connectivity index (χ0) is 15.6. The van der Waals surface area contributed by atoms with Crippen LogP contribution < -0.4 is 5.32 Å². The first-order valence-electron chi connectivity index (χ1n) is 8.32. The lowest BCUT2D eigenvalue weighted by Gasteiger charge is -2.41. The van der Waals surface area contributed by atoms with Gasteiger partial charge in [-0.2, -0.15) is 5.10 Å². The third-order valence-corrected chi connectivity index (χ3v) is 5.27. The zero-order valence-electron chi connectivity index (χ0n) is 14.5. The van der Waals surface area contributed by atoms with Crippen molar-refractivity contribution in [3.05, 3.63) is 17.0 Å². The molecule has 2 heterocycles. The second kappa shape index (κ2) is 6.49. The second-order valence-corrected chi connectivity index (χ2v) is 6.52. The van der Waals surface area contributed by atoms with E-state index in [9.17, 15) is 0 Å². The number of ether oxygens (including phenoxy) is 1. The van der Waals surface area contributed by atoms with Gasteiger partial charge in [-0.15, -0.1) is 0 Å². The number of hydrogen-bond acceptors (Lipinski definition) is 3. The van der Waals surface area contributed by atoms with E-state index in [1.807, 2.05) is 11.7 Å². The molecule has 21 heavy (non-hydrogen) atoms. The molecule has 0 spiro atoms. The van der Waals surface area contributed by atoms with E-state index >= 15 is 0 Å². The Morgan fingerprint density at radius 1 is 1.38 bits per heavy atom. The summed E-state index contributed by atoms with van der Waals surface area (Å²) in [6, 6.07) is 0.876. The summed E-state index contributed by atoms with van der Waals surface area (Å²) in [6.07, 6.45) is 4.41. The van der Waals surface area contributed by atoms with E-state index in [-0.39, 0.29) is 5.60 Å². The highest BCUT2D eigenvalue weighted by Gasteiger charge is 2.35. The van der Waals surface area contributed by atoms with Crippen LogP contribution in [0.15, 0.2) is 0 Å². The molecular formula is C17H31N3O. The Balaban J connectivity index is 2.07. The minimum absolute atomic E-state index is 0.0780. The molecule has 0 saturated carbocycles. The van der Waals surface area contributed by atoms with E-state index in [1.54, 1.807) is 0 Å². The van der Waals surface area contributed by atoms with Crippen molar-refractivity contribution in [3.8, 4) is 0 Å². The molecule has 1 N–H and O–H groups in total. The highest BCUT2D eigenvalue weighted by molar-refractivity contribution is 5.27. The number of rotatable bonds is 5. The number of nitrogens with zero attached hydrogens (tertiary/aromatic N) is 2. The van der Waals surface area contributed by atoms with Gasteiger partial charge in [0, 0.05) is 37.0 Å². The fraction of sp³-hybridized carbons (Fsp3) is 0.824. The van der Waals surface area contributed by atoms with Crippen LogP contribution in [0.3, 0.4) is 0 Å². The molecule has 0 amide bonds. The van der Waals surface area contributed by atoms with Crippen molar-refractivity contribution in [3.63, 3.8) is 0 Å². The Bertz CT molecular complexity index is 477. The molecule has 4 heteroatoms. The minimum Gasteiger partial charge on any atom is -0.375 e. The third kappa shape index (κ3) is 3.32. The Morgan fingerprint density at radius 2 is 2.05 bits per heavy atom. The van der Waals surface area contributed by atoms with Gasteiger partial charge in [0.2, 0.25) is 0 Å².